The molecule has 0 saturated carbocycles. The molecule has 0 radical (unpaired) electrons. The van der Waals surface area contributed by atoms with Gasteiger partial charge < -0.3 is 0 Å². The molecule has 0 atom stereocenters. The van der Waals surface area contributed by atoms with Crippen LogP contribution in [0.15, 0.2) is 24.3 Å². The van der Waals surface area contributed by atoms with Gasteiger partial charge in [-0.05, 0) is 17.9 Å². The summed E-state index contributed by atoms with van der Waals surface area (Å²) in [6, 6.07) is 7.88. The van der Waals surface area contributed by atoms with Crippen LogP contribution in [0.4, 0.5) is 0 Å². The number of thioether (sulfide) groups is 1. The Bertz CT molecular complexity index is 294. The molecule has 0 saturated heterocycles. The summed E-state index contributed by atoms with van der Waals surface area (Å²) in [4.78, 5) is 11.4. The lowest BCUT2D eigenvalue weighted by Crippen LogP contribution is -1.96. The SMILES string of the molecule is CCC(=O)c1cccc(CSC)c1. The molecule has 70 valence electrons. The van der Waals surface area contributed by atoms with Crippen molar-refractivity contribution >= 4 is 17.5 Å². The monoisotopic (exact) mass is 194 g/mol. The van der Waals surface area contributed by atoms with E-state index in [1.54, 1.807) is 11.8 Å². The Hall–Kier alpha value is -0.760. The van der Waals surface area contributed by atoms with Gasteiger partial charge in [-0.15, -0.1) is 0 Å². The van der Waals surface area contributed by atoms with E-state index in [1.807, 2.05) is 25.1 Å². The Balaban J connectivity index is 2.85. The number of Topliss-reactive ketones (excluding diaryl/α,β-unsaturated/α-hetero) is 1. The zero-order chi connectivity index (χ0) is 9.68. The fraction of sp³-hybridized carbons (Fsp3) is 0.364. The average molecular weight is 194 g/mol. The molecular formula is C11H14OS. The summed E-state index contributed by atoms with van der Waals surface area (Å²) in [5.41, 5.74) is 2.07. The van der Waals surface area contributed by atoms with Crippen LogP contribution in [0.1, 0.15) is 29.3 Å². The van der Waals surface area contributed by atoms with Gasteiger partial charge in [0.1, 0.15) is 0 Å². The average Bonchev–Trinajstić information content (AvgIpc) is 2.18. The summed E-state index contributed by atoms with van der Waals surface area (Å²) in [6.45, 7) is 1.89. The molecule has 1 rings (SSSR count). The predicted molar refractivity (Wildman–Crippen MR) is 58.3 cm³/mol. The van der Waals surface area contributed by atoms with E-state index in [4.69, 9.17) is 0 Å². The highest BCUT2D eigenvalue weighted by molar-refractivity contribution is 7.97. The molecule has 1 nitrogen and oxygen atoms in total. The van der Waals surface area contributed by atoms with Gasteiger partial charge in [0.15, 0.2) is 5.78 Å². The van der Waals surface area contributed by atoms with Gasteiger partial charge in [-0.2, -0.15) is 11.8 Å². The summed E-state index contributed by atoms with van der Waals surface area (Å²) in [7, 11) is 0. The maximum absolute atomic E-state index is 11.4. The van der Waals surface area contributed by atoms with Crippen molar-refractivity contribution < 1.29 is 4.79 Å². The largest absolute Gasteiger partial charge is 0.294 e. The van der Waals surface area contributed by atoms with Gasteiger partial charge in [0.05, 0.1) is 0 Å². The second-order valence-corrected chi connectivity index (χ2v) is 3.78. The third-order valence-electron chi connectivity index (χ3n) is 1.88. The highest BCUT2D eigenvalue weighted by Gasteiger charge is 2.02. The van der Waals surface area contributed by atoms with E-state index in [1.165, 1.54) is 5.56 Å². The number of hydrogen-bond donors (Lipinski definition) is 0. The molecule has 0 aliphatic heterocycles. The van der Waals surface area contributed by atoms with Crippen LogP contribution in [0.2, 0.25) is 0 Å². The first-order valence-corrected chi connectivity index (χ1v) is 5.78. The molecular weight excluding hydrogens is 180 g/mol. The van der Waals surface area contributed by atoms with Crippen LogP contribution >= 0.6 is 11.8 Å². The van der Waals surface area contributed by atoms with E-state index >= 15 is 0 Å². The molecule has 0 amide bonds. The maximum Gasteiger partial charge on any atom is 0.162 e. The fourth-order valence-electron chi connectivity index (χ4n) is 1.21. The third-order valence-corrected chi connectivity index (χ3v) is 2.50. The van der Waals surface area contributed by atoms with Crippen molar-refractivity contribution in [3.8, 4) is 0 Å². The van der Waals surface area contributed by atoms with E-state index in [-0.39, 0.29) is 5.78 Å². The van der Waals surface area contributed by atoms with Crippen molar-refractivity contribution in [2.45, 2.75) is 19.1 Å². The van der Waals surface area contributed by atoms with E-state index in [0.717, 1.165) is 11.3 Å². The minimum Gasteiger partial charge on any atom is -0.294 e. The molecule has 1 aromatic carbocycles. The molecule has 2 heteroatoms. The second kappa shape index (κ2) is 5.07. The lowest BCUT2D eigenvalue weighted by Gasteiger charge is -2.01. The van der Waals surface area contributed by atoms with Gasteiger partial charge in [0, 0.05) is 17.7 Å². The van der Waals surface area contributed by atoms with Crippen LogP contribution in [0, 0.1) is 0 Å². The van der Waals surface area contributed by atoms with Crippen molar-refractivity contribution in [1.82, 2.24) is 0 Å². The lowest BCUT2D eigenvalue weighted by atomic mass is 10.1. The minimum absolute atomic E-state index is 0.225. The molecule has 1 aromatic rings. The van der Waals surface area contributed by atoms with Crippen LogP contribution in [-0.2, 0) is 5.75 Å². The molecule has 0 aliphatic carbocycles. The molecule has 0 unspecified atom stereocenters. The number of benzene rings is 1. The zero-order valence-electron chi connectivity index (χ0n) is 8.04. The fourth-order valence-corrected chi connectivity index (χ4v) is 1.72. The normalized spacial score (nSPS) is 10.0. The Labute approximate surface area is 83.5 Å². The Kier molecular flexibility index (Phi) is 4.03. The van der Waals surface area contributed by atoms with E-state index < -0.39 is 0 Å². The van der Waals surface area contributed by atoms with Gasteiger partial charge in [-0.1, -0.05) is 25.1 Å². The van der Waals surface area contributed by atoms with Crippen molar-refractivity contribution in [1.29, 1.82) is 0 Å². The molecule has 0 N–H and O–H groups in total. The second-order valence-electron chi connectivity index (χ2n) is 2.91. The Morgan fingerprint density at radius 3 is 2.85 bits per heavy atom. The van der Waals surface area contributed by atoms with Crippen molar-refractivity contribution in [2.75, 3.05) is 6.26 Å². The van der Waals surface area contributed by atoms with Crippen LogP contribution in [0.5, 0.6) is 0 Å². The van der Waals surface area contributed by atoms with E-state index in [2.05, 4.69) is 12.3 Å². The van der Waals surface area contributed by atoms with Crippen molar-refractivity contribution in [3.63, 3.8) is 0 Å². The minimum atomic E-state index is 0.225. The molecule has 13 heavy (non-hydrogen) atoms. The number of carbonyl (C=O) groups is 1. The highest BCUT2D eigenvalue weighted by atomic mass is 32.2. The van der Waals surface area contributed by atoms with Crippen LogP contribution in [-0.4, -0.2) is 12.0 Å². The van der Waals surface area contributed by atoms with Crippen LogP contribution < -0.4 is 0 Å². The first-order chi connectivity index (χ1) is 6.27. The highest BCUT2D eigenvalue weighted by Crippen LogP contribution is 2.12. The summed E-state index contributed by atoms with van der Waals surface area (Å²) in [5, 5.41) is 0. The lowest BCUT2D eigenvalue weighted by molar-refractivity contribution is 0.0988. The third kappa shape index (κ3) is 2.88. The topological polar surface area (TPSA) is 17.1 Å². The van der Waals surface area contributed by atoms with Crippen LogP contribution in [0.3, 0.4) is 0 Å². The number of rotatable bonds is 4. The van der Waals surface area contributed by atoms with Gasteiger partial charge in [0.25, 0.3) is 0 Å². The smallest absolute Gasteiger partial charge is 0.162 e. The van der Waals surface area contributed by atoms with Gasteiger partial charge in [-0.3, -0.25) is 4.79 Å². The quantitative estimate of drug-likeness (QED) is 0.685. The van der Waals surface area contributed by atoms with Crippen molar-refractivity contribution in [3.05, 3.63) is 35.4 Å². The number of carbonyl (C=O) groups excluding carboxylic acids is 1. The molecule has 0 aromatic heterocycles. The summed E-state index contributed by atoms with van der Waals surface area (Å²) < 4.78 is 0. The Morgan fingerprint density at radius 1 is 1.46 bits per heavy atom. The standard InChI is InChI=1S/C11H14OS/c1-3-11(12)10-6-4-5-9(7-10)8-13-2/h4-7H,3,8H2,1-2H3. The van der Waals surface area contributed by atoms with Gasteiger partial charge in [-0.25, -0.2) is 0 Å². The summed E-state index contributed by atoms with van der Waals surface area (Å²) in [6.07, 6.45) is 2.65. The zero-order valence-corrected chi connectivity index (χ0v) is 8.86. The molecule has 0 bridgehead atoms. The summed E-state index contributed by atoms with van der Waals surface area (Å²) in [5.74, 6) is 1.20. The van der Waals surface area contributed by atoms with E-state index in [0.29, 0.717) is 6.42 Å². The van der Waals surface area contributed by atoms with Gasteiger partial charge in [0.2, 0.25) is 0 Å². The molecule has 0 aliphatic rings. The maximum atomic E-state index is 11.4. The molecule has 0 spiro atoms. The number of hydrogen-bond acceptors (Lipinski definition) is 2. The molecule has 0 heterocycles. The van der Waals surface area contributed by atoms with Crippen molar-refractivity contribution in [2.24, 2.45) is 0 Å². The summed E-state index contributed by atoms with van der Waals surface area (Å²) >= 11 is 1.77. The van der Waals surface area contributed by atoms with Gasteiger partial charge >= 0.3 is 0 Å². The van der Waals surface area contributed by atoms with Crippen LogP contribution in [0.25, 0.3) is 0 Å². The predicted octanol–water partition coefficient (Wildman–Crippen LogP) is 3.14. The van der Waals surface area contributed by atoms with E-state index in [9.17, 15) is 4.79 Å². The molecule has 0 fully saturated rings. The first-order valence-electron chi connectivity index (χ1n) is 4.39. The number of ketones is 1. The first kappa shape index (κ1) is 10.3. The Morgan fingerprint density at radius 2 is 2.23 bits per heavy atom.